The lowest BCUT2D eigenvalue weighted by atomic mass is 10.6. The second-order valence-electron chi connectivity index (χ2n) is 1.19. The predicted molar refractivity (Wildman–Crippen MR) is 27.2 cm³/mol. The lowest BCUT2D eigenvalue weighted by Crippen LogP contribution is -1.77. The summed E-state index contributed by atoms with van der Waals surface area (Å²) in [4.78, 5) is 0. The highest BCUT2D eigenvalue weighted by Gasteiger charge is 1.89. The summed E-state index contributed by atoms with van der Waals surface area (Å²) in [6.45, 7) is 0. The molecule has 4 heteroatoms. The first kappa shape index (κ1) is 5.31. The molecule has 0 fully saturated rings. The van der Waals surface area contributed by atoms with Crippen molar-refractivity contribution in [2.45, 2.75) is 0 Å². The maximum absolute atomic E-state index is 10.2. The average Bonchev–Trinajstić information content (AvgIpc) is 1.77. The van der Waals surface area contributed by atoms with E-state index in [1.807, 2.05) is 0 Å². The van der Waals surface area contributed by atoms with Crippen LogP contribution in [0.3, 0.4) is 0 Å². The van der Waals surface area contributed by atoms with Crippen LogP contribution in [0.2, 0.25) is 5.15 Å². The van der Waals surface area contributed by atoms with Gasteiger partial charge in [-0.15, -0.1) is 10.2 Å². The summed E-state index contributed by atoms with van der Waals surface area (Å²) in [6, 6.07) is 2.66. The number of nitrogens with zero attached hydrogens (tertiary/aromatic N) is 2. The molecular weight excluding hydrogens is 128 g/mol. The van der Waals surface area contributed by atoms with Gasteiger partial charge in [-0.2, -0.15) is 0 Å². The van der Waals surface area contributed by atoms with Gasteiger partial charge >= 0.3 is 0 Å². The van der Waals surface area contributed by atoms with Gasteiger partial charge in [0.15, 0.2) is 5.15 Å². The molecule has 0 saturated heterocycles. The fourth-order valence-corrected chi connectivity index (χ4v) is 0.405. The molecule has 3 nitrogen and oxygen atoms in total. The number of hydrogen-bond acceptors (Lipinski definition) is 2. The van der Waals surface area contributed by atoms with Crippen LogP contribution >= 0.6 is 11.6 Å². The maximum atomic E-state index is 10.2. The SMILES string of the molecule is [O]c1ccc(Cl)nn1. The molecule has 1 radical (unpaired) electrons. The Morgan fingerprint density at radius 3 is 2.50 bits per heavy atom. The number of hydrogen-bond donors (Lipinski definition) is 0. The minimum atomic E-state index is -0.366. The van der Waals surface area contributed by atoms with Crippen LogP contribution in [-0.2, 0) is 5.11 Å². The molecule has 1 rings (SSSR count). The van der Waals surface area contributed by atoms with Gasteiger partial charge in [-0.3, -0.25) is 5.11 Å². The molecule has 0 amide bonds. The van der Waals surface area contributed by atoms with Crippen molar-refractivity contribution in [2.75, 3.05) is 0 Å². The van der Waals surface area contributed by atoms with E-state index in [0.717, 1.165) is 0 Å². The molecule has 8 heavy (non-hydrogen) atoms. The molecule has 0 spiro atoms. The third-order valence-electron chi connectivity index (χ3n) is 0.608. The highest BCUT2D eigenvalue weighted by molar-refractivity contribution is 6.29. The summed E-state index contributed by atoms with van der Waals surface area (Å²) >= 11 is 5.30. The van der Waals surface area contributed by atoms with Crippen LogP contribution < -0.4 is 0 Å². The number of halogens is 1. The smallest absolute Gasteiger partial charge is 0.266 e. The molecule has 0 N–H and O–H groups in total. The van der Waals surface area contributed by atoms with Gasteiger partial charge in [-0.25, -0.2) is 0 Å². The summed E-state index contributed by atoms with van der Waals surface area (Å²) in [5.41, 5.74) is 0. The molecule has 0 bridgehead atoms. The summed E-state index contributed by atoms with van der Waals surface area (Å²) in [5, 5.41) is 16.9. The van der Waals surface area contributed by atoms with E-state index in [2.05, 4.69) is 10.2 Å². The van der Waals surface area contributed by atoms with Gasteiger partial charge in [0.25, 0.3) is 5.88 Å². The van der Waals surface area contributed by atoms with Crippen molar-refractivity contribution in [2.24, 2.45) is 0 Å². The lowest BCUT2D eigenvalue weighted by molar-refractivity contribution is 0.332. The van der Waals surface area contributed by atoms with Crippen LogP contribution in [-0.4, -0.2) is 10.2 Å². The summed E-state index contributed by atoms with van der Waals surface area (Å²) in [6.07, 6.45) is 0. The molecule has 0 aromatic carbocycles. The zero-order chi connectivity index (χ0) is 5.98. The minimum Gasteiger partial charge on any atom is -0.266 e. The second-order valence-corrected chi connectivity index (χ2v) is 1.58. The first-order valence-corrected chi connectivity index (χ1v) is 2.33. The van der Waals surface area contributed by atoms with E-state index in [9.17, 15) is 5.11 Å². The van der Waals surface area contributed by atoms with Crippen molar-refractivity contribution in [3.05, 3.63) is 17.3 Å². The molecule has 0 unspecified atom stereocenters. The van der Waals surface area contributed by atoms with Gasteiger partial charge in [0, 0.05) is 6.07 Å². The van der Waals surface area contributed by atoms with E-state index in [1.165, 1.54) is 12.1 Å². The highest BCUT2D eigenvalue weighted by Crippen LogP contribution is 2.05. The molecule has 0 atom stereocenters. The Labute approximate surface area is 50.9 Å². The standard InChI is InChI=1S/C4H2ClN2O/c5-3-1-2-4(8)7-6-3/h1-2H. The highest BCUT2D eigenvalue weighted by atomic mass is 35.5. The van der Waals surface area contributed by atoms with E-state index >= 15 is 0 Å². The van der Waals surface area contributed by atoms with Gasteiger partial charge in [0.1, 0.15) is 0 Å². The zero-order valence-corrected chi connectivity index (χ0v) is 4.59. The monoisotopic (exact) mass is 129 g/mol. The largest absolute Gasteiger partial charge is 0.288 e. The summed E-state index contributed by atoms with van der Waals surface area (Å²) in [5.74, 6) is -0.366. The van der Waals surface area contributed by atoms with Crippen LogP contribution in [0.5, 0.6) is 5.88 Å². The van der Waals surface area contributed by atoms with Gasteiger partial charge < -0.3 is 0 Å². The van der Waals surface area contributed by atoms with E-state index in [1.54, 1.807) is 0 Å². The molecule has 0 saturated carbocycles. The molecule has 1 aromatic heterocycles. The Balaban J connectivity index is 3.03. The maximum Gasteiger partial charge on any atom is 0.288 e. The van der Waals surface area contributed by atoms with Gasteiger partial charge in [0.05, 0.1) is 0 Å². The fraction of sp³-hybridized carbons (Fsp3) is 0. The van der Waals surface area contributed by atoms with Gasteiger partial charge in [-0.05, 0) is 6.07 Å². The van der Waals surface area contributed by atoms with Crippen molar-refractivity contribution >= 4 is 11.6 Å². The van der Waals surface area contributed by atoms with Crippen LogP contribution in [0.4, 0.5) is 0 Å². The molecule has 41 valence electrons. The van der Waals surface area contributed by atoms with Crippen molar-refractivity contribution in [3.63, 3.8) is 0 Å². The third kappa shape index (κ3) is 1.07. The zero-order valence-electron chi connectivity index (χ0n) is 3.84. The van der Waals surface area contributed by atoms with Crippen molar-refractivity contribution in [3.8, 4) is 5.88 Å². The first-order valence-electron chi connectivity index (χ1n) is 1.95. The topological polar surface area (TPSA) is 45.7 Å². The van der Waals surface area contributed by atoms with E-state index in [4.69, 9.17) is 11.6 Å². The minimum absolute atomic E-state index is 0.240. The average molecular weight is 130 g/mol. The van der Waals surface area contributed by atoms with Crippen LogP contribution in [0.25, 0.3) is 0 Å². The Kier molecular flexibility index (Phi) is 1.30. The molecule has 0 aliphatic rings. The van der Waals surface area contributed by atoms with Crippen LogP contribution in [0.15, 0.2) is 12.1 Å². The molecule has 0 aliphatic carbocycles. The van der Waals surface area contributed by atoms with Crippen LogP contribution in [0, 0.1) is 0 Å². The predicted octanol–water partition coefficient (Wildman–Crippen LogP) is 1.27. The van der Waals surface area contributed by atoms with Gasteiger partial charge in [-0.1, -0.05) is 11.6 Å². The van der Waals surface area contributed by atoms with E-state index in [-0.39, 0.29) is 11.0 Å². The Morgan fingerprint density at radius 2 is 2.12 bits per heavy atom. The molecule has 1 heterocycles. The van der Waals surface area contributed by atoms with Crippen molar-refractivity contribution < 1.29 is 5.11 Å². The Morgan fingerprint density at radius 1 is 1.38 bits per heavy atom. The lowest BCUT2D eigenvalue weighted by Gasteiger charge is -1.82. The normalized spacial score (nSPS) is 9.12. The number of aromatic nitrogens is 2. The molecule has 0 aliphatic heterocycles. The Hall–Kier alpha value is -0.830. The van der Waals surface area contributed by atoms with E-state index in [0.29, 0.717) is 0 Å². The van der Waals surface area contributed by atoms with Gasteiger partial charge in [0.2, 0.25) is 0 Å². The van der Waals surface area contributed by atoms with Crippen molar-refractivity contribution in [1.29, 1.82) is 0 Å². The summed E-state index contributed by atoms with van der Waals surface area (Å²) in [7, 11) is 0. The Bertz CT molecular complexity index is 153. The summed E-state index contributed by atoms with van der Waals surface area (Å²) < 4.78 is 0. The first-order chi connectivity index (χ1) is 3.79. The fourth-order valence-electron chi connectivity index (χ4n) is 0.304. The molecular formula is C4H2ClN2O. The van der Waals surface area contributed by atoms with Crippen LogP contribution in [0.1, 0.15) is 0 Å². The van der Waals surface area contributed by atoms with E-state index < -0.39 is 0 Å². The number of rotatable bonds is 0. The molecule has 1 aromatic rings. The third-order valence-corrected chi connectivity index (χ3v) is 0.809. The second kappa shape index (κ2) is 1.96. The quantitative estimate of drug-likeness (QED) is 0.530. The van der Waals surface area contributed by atoms with Crippen molar-refractivity contribution in [1.82, 2.24) is 10.2 Å².